The molecule has 9 heteroatoms. The van der Waals surface area contributed by atoms with Gasteiger partial charge in [0.1, 0.15) is 6.54 Å². The van der Waals surface area contributed by atoms with E-state index in [1.165, 1.54) is 22.9 Å². The fraction of sp³-hybridized carbons (Fsp3) is 0.550. The van der Waals surface area contributed by atoms with E-state index in [0.29, 0.717) is 17.4 Å². The molecule has 2 heterocycles. The van der Waals surface area contributed by atoms with E-state index in [9.17, 15) is 18.0 Å². The number of sulfonamides is 1. The minimum atomic E-state index is -3.63. The van der Waals surface area contributed by atoms with E-state index in [4.69, 9.17) is 0 Å². The maximum Gasteiger partial charge on any atom is 0.348 e. The molecular weight excluding hydrogens is 392 g/mol. The Hall–Kier alpha value is -2.26. The molecule has 0 saturated carbocycles. The number of nitrogens with zero attached hydrogens (tertiary/aromatic N) is 3. The fourth-order valence-corrected chi connectivity index (χ4v) is 5.36. The predicted molar refractivity (Wildman–Crippen MR) is 111 cm³/mol. The summed E-state index contributed by atoms with van der Waals surface area (Å²) in [6.45, 7) is 6.12. The topological polar surface area (TPSA) is 101 Å². The highest BCUT2D eigenvalue weighted by Crippen LogP contribution is 2.26. The molecular formula is C20H28N4O4S. The van der Waals surface area contributed by atoms with Crippen molar-refractivity contribution in [2.75, 3.05) is 6.54 Å². The normalized spacial score (nSPS) is 19.2. The van der Waals surface area contributed by atoms with Gasteiger partial charge in [0.05, 0.1) is 10.4 Å². The van der Waals surface area contributed by atoms with Crippen LogP contribution in [0.5, 0.6) is 0 Å². The van der Waals surface area contributed by atoms with Crippen LogP contribution >= 0.6 is 0 Å². The van der Waals surface area contributed by atoms with Gasteiger partial charge in [0.15, 0.2) is 0 Å². The van der Waals surface area contributed by atoms with Crippen LogP contribution in [0, 0.1) is 0 Å². The molecule has 1 saturated heterocycles. The molecule has 1 amide bonds. The van der Waals surface area contributed by atoms with Crippen LogP contribution in [0.3, 0.4) is 0 Å². The second-order valence-electron chi connectivity index (χ2n) is 7.68. The molecule has 0 spiro atoms. The maximum absolute atomic E-state index is 13.1. The largest absolute Gasteiger partial charge is 0.352 e. The van der Waals surface area contributed by atoms with Gasteiger partial charge >= 0.3 is 5.69 Å². The molecule has 1 fully saturated rings. The first-order chi connectivity index (χ1) is 13.7. The number of carbonyl (C=O) groups excluding carboxylic acids is 1. The van der Waals surface area contributed by atoms with Crippen molar-refractivity contribution in [2.24, 2.45) is 0 Å². The standard InChI is InChI=1S/C20H28N4O4S/c1-4-14(2)22-19(25)13-23-18-9-8-17(11-16(18)12-21-20(23)26)29(27,28)24-10-6-5-7-15(24)3/h8-9,11-12,14-15H,4-7,10,13H2,1-3H3,(H,22,25)/t14-,15-/m1/s1. The van der Waals surface area contributed by atoms with Gasteiger partial charge in [0, 0.05) is 30.2 Å². The molecule has 3 rings (SSSR count). The second-order valence-corrected chi connectivity index (χ2v) is 9.58. The molecule has 1 aliphatic rings. The monoisotopic (exact) mass is 420 g/mol. The van der Waals surface area contributed by atoms with Crippen LogP contribution in [-0.2, 0) is 21.4 Å². The molecule has 1 aromatic carbocycles. The molecule has 8 nitrogen and oxygen atoms in total. The van der Waals surface area contributed by atoms with Crippen molar-refractivity contribution >= 4 is 26.8 Å². The van der Waals surface area contributed by atoms with Gasteiger partial charge in [0.25, 0.3) is 0 Å². The number of hydrogen-bond acceptors (Lipinski definition) is 5. The van der Waals surface area contributed by atoms with Crippen LogP contribution < -0.4 is 11.0 Å². The Kier molecular flexibility index (Phi) is 6.38. The number of fused-ring (bicyclic) bond motifs is 1. The van der Waals surface area contributed by atoms with Gasteiger partial charge in [-0.05, 0) is 51.3 Å². The molecule has 1 N–H and O–H groups in total. The van der Waals surface area contributed by atoms with E-state index < -0.39 is 15.7 Å². The Balaban J connectivity index is 1.96. The van der Waals surface area contributed by atoms with Crippen LogP contribution in [0.4, 0.5) is 0 Å². The first-order valence-corrected chi connectivity index (χ1v) is 11.5. The molecule has 0 unspecified atom stereocenters. The Bertz CT molecular complexity index is 1060. The van der Waals surface area contributed by atoms with E-state index in [-0.39, 0.29) is 29.4 Å². The summed E-state index contributed by atoms with van der Waals surface area (Å²) >= 11 is 0. The summed E-state index contributed by atoms with van der Waals surface area (Å²) in [6.07, 6.45) is 4.87. The average Bonchev–Trinajstić information content (AvgIpc) is 2.69. The Morgan fingerprint density at radius 1 is 1.34 bits per heavy atom. The lowest BCUT2D eigenvalue weighted by atomic mass is 10.1. The first-order valence-electron chi connectivity index (χ1n) is 10.0. The first kappa shape index (κ1) is 21.4. The molecule has 0 aliphatic carbocycles. The Morgan fingerprint density at radius 3 is 2.79 bits per heavy atom. The third-order valence-electron chi connectivity index (χ3n) is 5.50. The number of piperidine rings is 1. The highest BCUT2D eigenvalue weighted by Gasteiger charge is 2.31. The van der Waals surface area contributed by atoms with Crippen LogP contribution in [0.2, 0.25) is 0 Å². The molecule has 0 bridgehead atoms. The van der Waals surface area contributed by atoms with Gasteiger partial charge in [-0.15, -0.1) is 0 Å². The SMILES string of the molecule is CC[C@@H](C)NC(=O)Cn1c(=O)ncc2cc(S(=O)(=O)N3CCCC[C@H]3C)ccc21. The molecule has 29 heavy (non-hydrogen) atoms. The molecule has 1 aromatic heterocycles. The minimum Gasteiger partial charge on any atom is -0.352 e. The molecule has 1 aliphatic heterocycles. The summed E-state index contributed by atoms with van der Waals surface area (Å²) in [5.41, 5.74) is -0.0630. The van der Waals surface area contributed by atoms with Crippen molar-refractivity contribution in [1.29, 1.82) is 0 Å². The number of nitrogens with one attached hydrogen (secondary N) is 1. The Labute approximate surface area is 171 Å². The highest BCUT2D eigenvalue weighted by atomic mass is 32.2. The van der Waals surface area contributed by atoms with Crippen molar-refractivity contribution in [2.45, 2.75) is 70.0 Å². The average molecular weight is 421 g/mol. The number of aromatic nitrogens is 2. The number of rotatable bonds is 6. The highest BCUT2D eigenvalue weighted by molar-refractivity contribution is 7.89. The quantitative estimate of drug-likeness (QED) is 0.769. The summed E-state index contributed by atoms with van der Waals surface area (Å²) < 4.78 is 29.0. The van der Waals surface area contributed by atoms with Gasteiger partial charge in [-0.25, -0.2) is 18.2 Å². The van der Waals surface area contributed by atoms with Crippen molar-refractivity contribution in [3.63, 3.8) is 0 Å². The molecule has 158 valence electrons. The van der Waals surface area contributed by atoms with E-state index >= 15 is 0 Å². The van der Waals surface area contributed by atoms with E-state index in [1.807, 2.05) is 20.8 Å². The zero-order valence-corrected chi connectivity index (χ0v) is 17.9. The van der Waals surface area contributed by atoms with Crippen molar-refractivity contribution in [3.05, 3.63) is 34.9 Å². The summed E-state index contributed by atoms with van der Waals surface area (Å²) in [6, 6.07) is 4.57. The zero-order chi connectivity index (χ0) is 21.2. The van der Waals surface area contributed by atoms with E-state index in [0.717, 1.165) is 25.7 Å². The lowest BCUT2D eigenvalue weighted by Gasteiger charge is -2.32. The van der Waals surface area contributed by atoms with E-state index in [1.54, 1.807) is 10.4 Å². The van der Waals surface area contributed by atoms with Crippen LogP contribution in [-0.4, -0.2) is 46.8 Å². The summed E-state index contributed by atoms with van der Waals surface area (Å²) in [4.78, 5) is 28.5. The van der Waals surface area contributed by atoms with E-state index in [2.05, 4.69) is 10.3 Å². The Morgan fingerprint density at radius 2 is 2.10 bits per heavy atom. The fourth-order valence-electron chi connectivity index (χ4n) is 3.62. The smallest absolute Gasteiger partial charge is 0.348 e. The van der Waals surface area contributed by atoms with Gasteiger partial charge in [-0.3, -0.25) is 9.36 Å². The van der Waals surface area contributed by atoms with Crippen molar-refractivity contribution in [3.8, 4) is 0 Å². The number of hydrogen-bond donors (Lipinski definition) is 1. The number of amides is 1. The van der Waals surface area contributed by atoms with Crippen LogP contribution in [0.1, 0.15) is 46.5 Å². The summed E-state index contributed by atoms with van der Waals surface area (Å²) in [5, 5.41) is 3.33. The summed E-state index contributed by atoms with van der Waals surface area (Å²) in [7, 11) is -3.63. The lowest BCUT2D eigenvalue weighted by molar-refractivity contribution is -0.122. The molecule has 2 atom stereocenters. The minimum absolute atomic E-state index is 0.00409. The zero-order valence-electron chi connectivity index (χ0n) is 17.1. The van der Waals surface area contributed by atoms with Crippen molar-refractivity contribution < 1.29 is 13.2 Å². The third kappa shape index (κ3) is 4.51. The van der Waals surface area contributed by atoms with Crippen molar-refractivity contribution in [1.82, 2.24) is 19.2 Å². The van der Waals surface area contributed by atoms with Crippen LogP contribution in [0.15, 0.2) is 34.1 Å². The van der Waals surface area contributed by atoms with Gasteiger partial charge in [0.2, 0.25) is 15.9 Å². The number of carbonyl (C=O) groups is 1. The number of benzene rings is 1. The second kappa shape index (κ2) is 8.62. The van der Waals surface area contributed by atoms with Crippen LogP contribution in [0.25, 0.3) is 10.9 Å². The van der Waals surface area contributed by atoms with Gasteiger partial charge < -0.3 is 5.32 Å². The molecule has 0 radical (unpaired) electrons. The van der Waals surface area contributed by atoms with Gasteiger partial charge in [-0.2, -0.15) is 4.31 Å². The van der Waals surface area contributed by atoms with Gasteiger partial charge in [-0.1, -0.05) is 13.3 Å². The molecule has 2 aromatic rings. The predicted octanol–water partition coefficient (Wildman–Crippen LogP) is 1.87. The third-order valence-corrected chi connectivity index (χ3v) is 7.51. The maximum atomic E-state index is 13.1. The lowest BCUT2D eigenvalue weighted by Crippen LogP contribution is -2.41. The summed E-state index contributed by atoms with van der Waals surface area (Å²) in [5.74, 6) is -0.283.